The Kier molecular flexibility index (Phi) is 5.25. The number of aromatic nitrogens is 2. The molecule has 0 radical (unpaired) electrons. The Morgan fingerprint density at radius 1 is 1.47 bits per heavy atom. The van der Waals surface area contributed by atoms with E-state index in [1.165, 1.54) is 13.2 Å². The molecule has 0 amide bonds. The summed E-state index contributed by atoms with van der Waals surface area (Å²) >= 11 is 5.55. The van der Waals surface area contributed by atoms with Gasteiger partial charge in [-0.3, -0.25) is 0 Å². The molecule has 6 nitrogen and oxygen atoms in total. The first-order valence-electron chi connectivity index (χ1n) is 5.56. The van der Waals surface area contributed by atoms with Gasteiger partial charge in [-0.25, -0.2) is 23.2 Å². The number of carbonyl (C=O) groups is 1. The van der Waals surface area contributed by atoms with Gasteiger partial charge in [0.2, 0.25) is 5.82 Å². The first-order valence-corrected chi connectivity index (χ1v) is 7.65. The van der Waals surface area contributed by atoms with Gasteiger partial charge >= 0.3 is 5.97 Å². The third-order valence-electron chi connectivity index (χ3n) is 2.54. The molecule has 1 aromatic rings. The molecular weight excluding hydrogens is 292 g/mol. The maximum atomic E-state index is 12.2. The fraction of sp³-hybridized carbons (Fsp3) is 0.545. The zero-order valence-electron chi connectivity index (χ0n) is 10.9. The number of ether oxygens (including phenoxy) is 1. The molecule has 0 aliphatic heterocycles. The van der Waals surface area contributed by atoms with Gasteiger partial charge in [0.05, 0.1) is 12.4 Å². The van der Waals surface area contributed by atoms with Gasteiger partial charge in [0.15, 0.2) is 14.9 Å². The van der Waals surface area contributed by atoms with Crippen LogP contribution in [0, 0.1) is 6.92 Å². The summed E-state index contributed by atoms with van der Waals surface area (Å²) in [6.45, 7) is 3.13. The number of esters is 1. The van der Waals surface area contributed by atoms with E-state index in [1.54, 1.807) is 13.8 Å². The molecule has 106 valence electrons. The van der Waals surface area contributed by atoms with Crippen molar-refractivity contribution in [1.82, 2.24) is 9.97 Å². The minimum atomic E-state index is -3.63. The quantitative estimate of drug-likeness (QED) is 0.464. The lowest BCUT2D eigenvalue weighted by atomic mass is 10.4. The Hall–Kier alpha value is -1.21. The van der Waals surface area contributed by atoms with E-state index in [1.807, 2.05) is 0 Å². The molecular formula is C11H15ClN2O4S. The number of carbonyl (C=O) groups excluding carboxylic acids is 1. The number of methoxy groups -OCH3 is 1. The van der Waals surface area contributed by atoms with Crippen molar-refractivity contribution in [3.8, 4) is 0 Å². The highest BCUT2D eigenvalue weighted by Gasteiger charge is 2.26. The summed E-state index contributed by atoms with van der Waals surface area (Å²) in [5.74, 6) is -0.807. The molecule has 1 aromatic heterocycles. The average molecular weight is 307 g/mol. The summed E-state index contributed by atoms with van der Waals surface area (Å²) < 4.78 is 29.0. The second-order valence-electron chi connectivity index (χ2n) is 4.00. The Morgan fingerprint density at radius 3 is 2.63 bits per heavy atom. The number of nitrogens with zero attached hydrogens (tertiary/aromatic N) is 2. The van der Waals surface area contributed by atoms with Gasteiger partial charge in [-0.15, -0.1) is 11.6 Å². The SMILES string of the molecule is COC(=O)c1nc(C)cc(S(=O)(=O)C(C)CCCl)n1. The molecule has 0 fully saturated rings. The monoisotopic (exact) mass is 306 g/mol. The number of sulfone groups is 1. The predicted octanol–water partition coefficient (Wildman–Crippen LogP) is 1.36. The summed E-state index contributed by atoms with van der Waals surface area (Å²) in [4.78, 5) is 19.0. The molecule has 0 bridgehead atoms. The van der Waals surface area contributed by atoms with Crippen molar-refractivity contribution in [1.29, 1.82) is 0 Å². The normalized spacial score (nSPS) is 13.1. The summed E-state index contributed by atoms with van der Waals surface area (Å²) in [5.41, 5.74) is 0.382. The van der Waals surface area contributed by atoms with E-state index < -0.39 is 21.1 Å². The van der Waals surface area contributed by atoms with Gasteiger partial charge in [0, 0.05) is 11.6 Å². The van der Waals surface area contributed by atoms with Crippen LogP contribution in [0.1, 0.15) is 29.7 Å². The van der Waals surface area contributed by atoms with Crippen LogP contribution in [0.4, 0.5) is 0 Å². The maximum absolute atomic E-state index is 12.2. The van der Waals surface area contributed by atoms with Crippen molar-refractivity contribution in [2.75, 3.05) is 13.0 Å². The van der Waals surface area contributed by atoms with Gasteiger partial charge in [0.1, 0.15) is 0 Å². The topological polar surface area (TPSA) is 86.2 Å². The number of hydrogen-bond donors (Lipinski definition) is 0. The fourth-order valence-corrected chi connectivity index (χ4v) is 3.23. The predicted molar refractivity (Wildman–Crippen MR) is 70.1 cm³/mol. The van der Waals surface area contributed by atoms with Crippen LogP contribution in [0.5, 0.6) is 0 Å². The number of hydrogen-bond acceptors (Lipinski definition) is 6. The molecule has 1 unspecified atom stereocenters. The lowest BCUT2D eigenvalue weighted by Gasteiger charge is -2.11. The summed E-state index contributed by atoms with van der Waals surface area (Å²) in [7, 11) is -2.45. The molecule has 8 heteroatoms. The second-order valence-corrected chi connectivity index (χ2v) is 6.69. The lowest BCUT2D eigenvalue weighted by molar-refractivity contribution is 0.0585. The smallest absolute Gasteiger partial charge is 0.376 e. The molecule has 19 heavy (non-hydrogen) atoms. The summed E-state index contributed by atoms with van der Waals surface area (Å²) in [6, 6.07) is 1.33. The molecule has 0 aromatic carbocycles. The van der Waals surface area contributed by atoms with E-state index in [2.05, 4.69) is 14.7 Å². The molecule has 0 N–H and O–H groups in total. The number of alkyl halides is 1. The molecule has 0 saturated heterocycles. The maximum Gasteiger partial charge on any atom is 0.376 e. The van der Waals surface area contributed by atoms with Crippen LogP contribution in [0.15, 0.2) is 11.1 Å². The van der Waals surface area contributed by atoms with Crippen molar-refractivity contribution in [3.63, 3.8) is 0 Å². The van der Waals surface area contributed by atoms with Crippen molar-refractivity contribution < 1.29 is 17.9 Å². The third-order valence-corrected chi connectivity index (χ3v) is 4.84. The zero-order valence-corrected chi connectivity index (χ0v) is 12.5. The summed E-state index contributed by atoms with van der Waals surface area (Å²) in [6.07, 6.45) is 0.306. The van der Waals surface area contributed by atoms with Gasteiger partial charge in [0.25, 0.3) is 0 Å². The van der Waals surface area contributed by atoms with Gasteiger partial charge in [-0.2, -0.15) is 0 Å². The van der Waals surface area contributed by atoms with Crippen LogP contribution < -0.4 is 0 Å². The minimum absolute atomic E-state index is 0.182. The summed E-state index contributed by atoms with van der Waals surface area (Å²) in [5, 5.41) is -0.859. The van der Waals surface area contributed by atoms with Gasteiger partial charge < -0.3 is 4.74 Å². The van der Waals surface area contributed by atoms with Gasteiger partial charge in [-0.05, 0) is 26.3 Å². The lowest BCUT2D eigenvalue weighted by Crippen LogP contribution is -2.21. The van der Waals surface area contributed by atoms with Crippen LogP contribution in [-0.2, 0) is 14.6 Å². The third kappa shape index (κ3) is 3.63. The van der Waals surface area contributed by atoms with Crippen LogP contribution in [0.2, 0.25) is 0 Å². The number of rotatable bonds is 5. The van der Waals surface area contributed by atoms with Gasteiger partial charge in [-0.1, -0.05) is 0 Å². The van der Waals surface area contributed by atoms with Crippen molar-refractivity contribution in [2.24, 2.45) is 0 Å². The van der Waals surface area contributed by atoms with Crippen molar-refractivity contribution in [2.45, 2.75) is 30.5 Å². The van der Waals surface area contributed by atoms with E-state index >= 15 is 0 Å². The Labute approximate surface area is 117 Å². The van der Waals surface area contributed by atoms with Crippen molar-refractivity contribution in [3.05, 3.63) is 17.6 Å². The molecule has 0 aliphatic rings. The number of aryl methyl sites for hydroxylation is 1. The van der Waals surface area contributed by atoms with Crippen LogP contribution in [0.3, 0.4) is 0 Å². The van der Waals surface area contributed by atoms with E-state index in [0.717, 1.165) is 0 Å². The molecule has 0 spiro atoms. The first kappa shape index (κ1) is 15.8. The van der Waals surface area contributed by atoms with Crippen LogP contribution in [0.25, 0.3) is 0 Å². The first-order chi connectivity index (χ1) is 8.82. The Bertz CT molecular complexity index is 574. The van der Waals surface area contributed by atoms with E-state index in [-0.39, 0.29) is 16.7 Å². The molecule has 1 heterocycles. The average Bonchev–Trinajstić information content (AvgIpc) is 2.37. The molecule has 0 aliphatic carbocycles. The Morgan fingerprint density at radius 2 is 2.11 bits per heavy atom. The highest BCUT2D eigenvalue weighted by molar-refractivity contribution is 7.92. The minimum Gasteiger partial charge on any atom is -0.463 e. The standard InChI is InChI=1S/C11H15ClN2O4S/c1-7-6-9(14-10(13-7)11(15)18-3)19(16,17)8(2)4-5-12/h6,8H,4-5H2,1-3H3. The molecule has 1 rings (SSSR count). The van der Waals surface area contributed by atoms with E-state index in [0.29, 0.717) is 12.1 Å². The Balaban J connectivity index is 3.27. The van der Waals surface area contributed by atoms with E-state index in [4.69, 9.17) is 11.6 Å². The highest BCUT2D eigenvalue weighted by atomic mass is 35.5. The molecule has 1 atom stereocenters. The van der Waals surface area contributed by atoms with Crippen LogP contribution >= 0.6 is 11.6 Å². The number of halogens is 1. The fourth-order valence-electron chi connectivity index (χ4n) is 1.38. The zero-order chi connectivity index (χ0) is 14.6. The van der Waals surface area contributed by atoms with Crippen LogP contribution in [-0.4, -0.2) is 42.6 Å². The highest BCUT2D eigenvalue weighted by Crippen LogP contribution is 2.17. The van der Waals surface area contributed by atoms with E-state index in [9.17, 15) is 13.2 Å². The largest absolute Gasteiger partial charge is 0.463 e. The van der Waals surface area contributed by atoms with Crippen molar-refractivity contribution >= 4 is 27.4 Å². The molecule has 0 saturated carbocycles. The second kappa shape index (κ2) is 6.29.